The lowest BCUT2D eigenvalue weighted by Crippen LogP contribution is -2.61. The summed E-state index contributed by atoms with van der Waals surface area (Å²) < 4.78 is 28.7. The minimum absolute atomic E-state index is 0.0630. The van der Waals surface area contributed by atoms with Gasteiger partial charge in [-0.3, -0.25) is 14.4 Å². The fraction of sp³-hybridized carbons (Fsp3) is 0.890. The largest absolute Gasteiger partial charge is 0.479 e. The van der Waals surface area contributed by atoms with Gasteiger partial charge >= 0.3 is 23.9 Å². The van der Waals surface area contributed by atoms with E-state index in [4.69, 9.17) is 23.7 Å². The molecule has 12 heteroatoms. The fourth-order valence-electron chi connectivity index (χ4n) is 11.4. The number of hydrogen-bond donors (Lipinski definition) is 3. The molecule has 6 unspecified atom stereocenters. The average molecular weight is 1200 g/mol. The Bertz CT molecular complexity index is 1570. The zero-order chi connectivity index (χ0) is 61.7. The molecular weight excluding hydrogens is 1070 g/mol. The Labute approximate surface area is 521 Å². The van der Waals surface area contributed by atoms with Gasteiger partial charge < -0.3 is 39.0 Å². The van der Waals surface area contributed by atoms with E-state index in [1.807, 2.05) is 0 Å². The van der Waals surface area contributed by atoms with E-state index in [-0.39, 0.29) is 25.9 Å². The van der Waals surface area contributed by atoms with Crippen molar-refractivity contribution in [2.45, 2.75) is 404 Å². The Hall–Kier alpha value is -2.80. The minimum atomic E-state index is -1.90. The second-order valence-corrected chi connectivity index (χ2v) is 25.2. The van der Waals surface area contributed by atoms with Crippen LogP contribution in [0.3, 0.4) is 0 Å². The maximum absolute atomic E-state index is 13.2. The van der Waals surface area contributed by atoms with Gasteiger partial charge in [-0.2, -0.15) is 0 Å². The molecule has 12 nitrogen and oxygen atoms in total. The van der Waals surface area contributed by atoms with E-state index < -0.39 is 67.3 Å². The summed E-state index contributed by atoms with van der Waals surface area (Å²) in [4.78, 5) is 51.5. The Morgan fingerprint density at radius 2 is 0.671 bits per heavy atom. The van der Waals surface area contributed by atoms with Crippen LogP contribution >= 0.6 is 0 Å². The van der Waals surface area contributed by atoms with Gasteiger partial charge in [0, 0.05) is 19.3 Å². The molecule has 0 amide bonds. The first-order valence-electron chi connectivity index (χ1n) is 36.3. The van der Waals surface area contributed by atoms with Crippen LogP contribution in [-0.2, 0) is 42.9 Å². The topological polar surface area (TPSA) is 175 Å². The summed E-state index contributed by atoms with van der Waals surface area (Å²) in [5.74, 6) is -3.08. The molecule has 3 N–H and O–H groups in total. The van der Waals surface area contributed by atoms with Crippen molar-refractivity contribution in [2.24, 2.45) is 0 Å². The second-order valence-electron chi connectivity index (χ2n) is 25.2. The molecule has 0 spiro atoms. The number of rotatable bonds is 64. The van der Waals surface area contributed by atoms with E-state index in [2.05, 4.69) is 45.1 Å². The number of carbonyl (C=O) groups excluding carboxylic acids is 3. The molecule has 1 heterocycles. The van der Waals surface area contributed by atoms with Crippen LogP contribution in [0.2, 0.25) is 0 Å². The lowest BCUT2D eigenvalue weighted by Gasteiger charge is -2.40. The van der Waals surface area contributed by atoms with Crippen molar-refractivity contribution in [1.29, 1.82) is 0 Å². The minimum Gasteiger partial charge on any atom is -0.479 e. The number of ether oxygens (including phenoxy) is 5. The van der Waals surface area contributed by atoms with Crippen LogP contribution in [0.5, 0.6) is 0 Å². The first-order valence-corrected chi connectivity index (χ1v) is 36.3. The van der Waals surface area contributed by atoms with Gasteiger partial charge in [-0.05, 0) is 70.6 Å². The van der Waals surface area contributed by atoms with Crippen LogP contribution < -0.4 is 0 Å². The Kier molecular flexibility index (Phi) is 58.0. The Morgan fingerprint density at radius 3 is 1.00 bits per heavy atom. The van der Waals surface area contributed by atoms with Crippen LogP contribution in [0.4, 0.5) is 0 Å². The molecule has 498 valence electrons. The van der Waals surface area contributed by atoms with Gasteiger partial charge in [0.2, 0.25) is 0 Å². The summed E-state index contributed by atoms with van der Waals surface area (Å²) >= 11 is 0. The number of aliphatic hydroxyl groups excluding tert-OH is 2. The van der Waals surface area contributed by atoms with Gasteiger partial charge in [0.05, 0.1) is 6.61 Å². The number of carbonyl (C=O) groups is 4. The van der Waals surface area contributed by atoms with Crippen LogP contribution in [-0.4, -0.2) is 89.2 Å². The van der Waals surface area contributed by atoms with Crippen LogP contribution in [0.15, 0.2) is 24.3 Å². The number of unbranched alkanes of at least 4 members (excludes halogenated alkanes) is 46. The van der Waals surface area contributed by atoms with E-state index in [1.54, 1.807) is 0 Å². The third-order valence-electron chi connectivity index (χ3n) is 17.0. The smallest absolute Gasteiger partial charge is 0.335 e. The first-order chi connectivity index (χ1) is 41.6. The molecule has 0 aromatic carbocycles. The second kappa shape index (κ2) is 61.4. The molecule has 0 radical (unpaired) electrons. The van der Waals surface area contributed by atoms with E-state index in [1.165, 1.54) is 225 Å². The quantitative estimate of drug-likeness (QED) is 0.0228. The van der Waals surface area contributed by atoms with Gasteiger partial charge in [0.15, 0.2) is 24.6 Å². The molecule has 85 heavy (non-hydrogen) atoms. The molecule has 0 aromatic heterocycles. The normalized spacial score (nSPS) is 17.5. The van der Waals surface area contributed by atoms with Crippen LogP contribution in [0.1, 0.15) is 367 Å². The number of esters is 3. The number of aliphatic hydroxyl groups is 2. The highest BCUT2D eigenvalue weighted by atomic mass is 16.7. The lowest BCUT2D eigenvalue weighted by molar-refractivity contribution is -0.301. The van der Waals surface area contributed by atoms with Crippen molar-refractivity contribution in [2.75, 3.05) is 13.2 Å². The van der Waals surface area contributed by atoms with Gasteiger partial charge in [-0.1, -0.05) is 302 Å². The van der Waals surface area contributed by atoms with Crippen LogP contribution in [0, 0.1) is 0 Å². The highest BCUT2D eigenvalue weighted by Gasteiger charge is 2.50. The summed E-state index contributed by atoms with van der Waals surface area (Å²) in [6.45, 7) is 6.07. The zero-order valence-electron chi connectivity index (χ0n) is 55.4. The number of carboxylic acids is 1. The molecular formula is C73H134O12. The van der Waals surface area contributed by atoms with Crippen molar-refractivity contribution >= 4 is 23.9 Å². The molecule has 1 fully saturated rings. The highest BCUT2D eigenvalue weighted by Crippen LogP contribution is 2.27. The third-order valence-corrected chi connectivity index (χ3v) is 17.0. The summed E-state index contributed by atoms with van der Waals surface area (Å²) in [6, 6.07) is 0. The molecule has 1 saturated heterocycles. The number of hydrogen-bond acceptors (Lipinski definition) is 11. The van der Waals surface area contributed by atoms with Crippen molar-refractivity contribution in [1.82, 2.24) is 0 Å². The maximum Gasteiger partial charge on any atom is 0.335 e. The van der Waals surface area contributed by atoms with Crippen molar-refractivity contribution in [3.8, 4) is 0 Å². The fourth-order valence-corrected chi connectivity index (χ4v) is 11.4. The highest BCUT2D eigenvalue weighted by molar-refractivity contribution is 5.74. The van der Waals surface area contributed by atoms with Gasteiger partial charge in [0.1, 0.15) is 18.8 Å². The van der Waals surface area contributed by atoms with Gasteiger partial charge in [0.25, 0.3) is 0 Å². The molecule has 0 aliphatic carbocycles. The Morgan fingerprint density at radius 1 is 0.376 bits per heavy atom. The molecule has 1 aliphatic heterocycles. The third kappa shape index (κ3) is 50.7. The molecule has 1 aliphatic rings. The first kappa shape index (κ1) is 80.2. The lowest BCUT2D eigenvalue weighted by atomic mass is 9.98. The number of carboxylic acid groups (broad SMARTS) is 1. The van der Waals surface area contributed by atoms with E-state index >= 15 is 0 Å². The van der Waals surface area contributed by atoms with Gasteiger partial charge in [-0.25, -0.2) is 4.79 Å². The summed E-state index contributed by atoms with van der Waals surface area (Å²) in [5.41, 5.74) is 0. The molecule has 0 bridgehead atoms. The number of aliphatic carboxylic acids is 1. The van der Waals surface area contributed by atoms with Crippen molar-refractivity contribution in [3.63, 3.8) is 0 Å². The van der Waals surface area contributed by atoms with Crippen molar-refractivity contribution < 1.29 is 58.2 Å². The summed E-state index contributed by atoms with van der Waals surface area (Å²) in [7, 11) is 0. The maximum atomic E-state index is 13.2. The predicted molar refractivity (Wildman–Crippen MR) is 350 cm³/mol. The molecule has 0 aromatic rings. The Balaban J connectivity index is 2.60. The van der Waals surface area contributed by atoms with E-state index in [0.29, 0.717) is 19.3 Å². The van der Waals surface area contributed by atoms with Gasteiger partial charge in [-0.15, -0.1) is 0 Å². The predicted octanol–water partition coefficient (Wildman–Crippen LogP) is 20.1. The summed E-state index contributed by atoms with van der Waals surface area (Å²) in [5, 5.41) is 31.7. The average Bonchev–Trinajstić information content (AvgIpc) is 2.79. The monoisotopic (exact) mass is 1200 g/mol. The summed E-state index contributed by atoms with van der Waals surface area (Å²) in [6.07, 6.45) is 61.3. The molecule has 1 rings (SSSR count). The zero-order valence-corrected chi connectivity index (χ0v) is 55.4. The SMILES string of the molecule is CCCCCCCC/C=C\CCCCCCCCCCCC(=O)OC1C(OCC(COC(=O)CCCCCCCCCCCCCCCCCCCCC)OC(=O)CCCCCCCCC/C=C\CCCCCCCC)OC(C(=O)O)C(O)C1O. The van der Waals surface area contributed by atoms with E-state index in [0.717, 1.165) is 83.5 Å². The van der Waals surface area contributed by atoms with Crippen LogP contribution in [0.25, 0.3) is 0 Å². The molecule has 0 saturated carbocycles. The molecule has 6 atom stereocenters. The standard InChI is InChI=1S/C73H134O12/c1-4-7-10-13-16-19-22-25-28-31-33-36-38-41-44-47-50-53-56-59-65(74)81-62-64(83-66(75)60-57-54-51-48-45-42-39-35-30-27-24-21-18-15-12-9-6-3)63-82-73-71(69(78)68(77)70(85-73)72(79)80)84-67(76)61-58-55-52-49-46-43-40-37-34-32-29-26-23-20-17-14-11-8-5-2/h26-27,29-30,64,68-71,73,77-78H,4-25,28,31-63H2,1-3H3,(H,79,80)/b29-26-,30-27-. The van der Waals surface area contributed by atoms with E-state index in [9.17, 15) is 34.5 Å². The number of allylic oxidation sites excluding steroid dienone is 4. The van der Waals surface area contributed by atoms with Crippen molar-refractivity contribution in [3.05, 3.63) is 24.3 Å².